The summed E-state index contributed by atoms with van der Waals surface area (Å²) in [7, 11) is 2.20. The lowest BCUT2D eigenvalue weighted by atomic mass is 9.84. The molecule has 0 aliphatic carbocycles. The van der Waals surface area contributed by atoms with Gasteiger partial charge in [0.15, 0.2) is 0 Å². The number of para-hydroxylation sites is 2. The highest BCUT2D eigenvalue weighted by Gasteiger charge is 2.31. The first kappa shape index (κ1) is 18.3. The van der Waals surface area contributed by atoms with Crippen molar-refractivity contribution in [2.75, 3.05) is 11.9 Å². The van der Waals surface area contributed by atoms with Crippen LogP contribution in [0.3, 0.4) is 0 Å². The fourth-order valence-electron chi connectivity index (χ4n) is 5.30. The zero-order valence-corrected chi connectivity index (χ0v) is 18.5. The van der Waals surface area contributed by atoms with Crippen molar-refractivity contribution >= 4 is 44.6 Å². The summed E-state index contributed by atoms with van der Waals surface area (Å²) in [4.78, 5) is 6.06. The van der Waals surface area contributed by atoms with Gasteiger partial charge in [0.2, 0.25) is 0 Å². The molecule has 5 aromatic rings. The largest absolute Gasteiger partial charge is 0.354 e. The molecule has 6 rings (SSSR count). The SMILES string of the molecule is CN1c2[nH]c3ccc(-n4c5ccccc5c5ccccc54)cc3c2C=CC1C(C)(C)C. The smallest absolute Gasteiger partial charge is 0.114 e. The Morgan fingerprint density at radius 2 is 1.45 bits per heavy atom. The average Bonchev–Trinajstić information content (AvgIpc) is 3.29. The van der Waals surface area contributed by atoms with Gasteiger partial charge in [0.05, 0.1) is 17.1 Å². The standard InChI is InChI=1S/C28H27N3/c1-28(2,3)26-16-14-21-22-17-18(13-15-23(22)29-27(21)30(26)4)31-24-11-7-5-9-19(24)20-10-6-8-12-25(20)31/h5-17,26,29H,1-4H3. The molecule has 31 heavy (non-hydrogen) atoms. The molecule has 0 saturated carbocycles. The molecule has 0 bridgehead atoms. The fraction of sp³-hybridized carbons (Fsp3) is 0.214. The van der Waals surface area contributed by atoms with E-state index >= 15 is 0 Å². The minimum absolute atomic E-state index is 0.175. The van der Waals surface area contributed by atoms with Crippen LogP contribution in [0.1, 0.15) is 26.3 Å². The number of rotatable bonds is 1. The molecule has 3 aromatic carbocycles. The molecule has 0 amide bonds. The first-order chi connectivity index (χ1) is 14.9. The summed E-state index contributed by atoms with van der Waals surface area (Å²) in [6.45, 7) is 6.89. The summed E-state index contributed by atoms with van der Waals surface area (Å²) in [5.74, 6) is 1.21. The molecule has 3 heterocycles. The van der Waals surface area contributed by atoms with Crippen LogP contribution in [0.2, 0.25) is 0 Å². The maximum atomic E-state index is 3.68. The van der Waals surface area contributed by atoms with E-state index in [2.05, 4.69) is 121 Å². The Morgan fingerprint density at radius 1 is 0.806 bits per heavy atom. The summed E-state index contributed by atoms with van der Waals surface area (Å²) in [5, 5.41) is 3.86. The molecule has 1 aliphatic heterocycles. The number of nitrogens with one attached hydrogen (secondary N) is 1. The van der Waals surface area contributed by atoms with Crippen molar-refractivity contribution in [2.24, 2.45) is 5.41 Å². The maximum absolute atomic E-state index is 3.68. The van der Waals surface area contributed by atoms with E-state index in [1.54, 1.807) is 0 Å². The number of hydrogen-bond acceptors (Lipinski definition) is 1. The topological polar surface area (TPSA) is 24.0 Å². The van der Waals surface area contributed by atoms with Gasteiger partial charge in [0.1, 0.15) is 5.82 Å². The number of aromatic nitrogens is 2. The Bertz CT molecular complexity index is 1440. The molecule has 1 aliphatic rings. The number of anilines is 1. The Kier molecular flexibility index (Phi) is 3.71. The van der Waals surface area contributed by atoms with E-state index < -0.39 is 0 Å². The van der Waals surface area contributed by atoms with Gasteiger partial charge < -0.3 is 14.5 Å². The van der Waals surface area contributed by atoms with Crippen molar-refractivity contribution < 1.29 is 0 Å². The van der Waals surface area contributed by atoms with E-state index in [1.807, 2.05) is 0 Å². The number of likely N-dealkylation sites (N-methyl/N-ethyl adjacent to an activating group) is 1. The zero-order valence-electron chi connectivity index (χ0n) is 18.5. The third kappa shape index (κ3) is 2.59. The molecule has 0 fully saturated rings. The first-order valence-corrected chi connectivity index (χ1v) is 11.0. The van der Waals surface area contributed by atoms with E-state index in [9.17, 15) is 0 Å². The Balaban J connectivity index is 1.59. The van der Waals surface area contributed by atoms with Crippen LogP contribution in [0.4, 0.5) is 5.82 Å². The van der Waals surface area contributed by atoms with Crippen molar-refractivity contribution in [1.82, 2.24) is 9.55 Å². The third-order valence-electron chi connectivity index (χ3n) is 6.74. The molecule has 0 saturated heterocycles. The van der Waals surface area contributed by atoms with Gasteiger partial charge in [-0.05, 0) is 35.7 Å². The minimum atomic E-state index is 0.175. The summed E-state index contributed by atoms with van der Waals surface area (Å²) in [5.41, 5.74) is 6.32. The van der Waals surface area contributed by atoms with E-state index in [-0.39, 0.29) is 5.41 Å². The Morgan fingerprint density at radius 3 is 2.10 bits per heavy atom. The molecule has 1 N–H and O–H groups in total. The molecule has 3 heteroatoms. The lowest BCUT2D eigenvalue weighted by molar-refractivity contribution is 0.354. The van der Waals surface area contributed by atoms with E-state index in [1.165, 1.54) is 49.8 Å². The predicted octanol–water partition coefficient (Wildman–Crippen LogP) is 7.14. The van der Waals surface area contributed by atoms with E-state index in [0.29, 0.717) is 6.04 Å². The van der Waals surface area contributed by atoms with Crippen LogP contribution in [-0.4, -0.2) is 22.6 Å². The number of aromatic amines is 1. The van der Waals surface area contributed by atoms with Crippen molar-refractivity contribution in [3.8, 4) is 5.69 Å². The zero-order chi connectivity index (χ0) is 21.3. The highest BCUT2D eigenvalue weighted by atomic mass is 15.2. The van der Waals surface area contributed by atoms with Gasteiger partial charge in [-0.2, -0.15) is 0 Å². The molecule has 0 spiro atoms. The first-order valence-electron chi connectivity index (χ1n) is 11.0. The summed E-state index contributed by atoms with van der Waals surface area (Å²) in [6, 6.07) is 24.5. The second-order valence-corrected chi connectivity index (χ2v) is 9.77. The van der Waals surface area contributed by atoms with Gasteiger partial charge in [-0.25, -0.2) is 0 Å². The van der Waals surface area contributed by atoms with Crippen LogP contribution >= 0.6 is 0 Å². The molecule has 154 valence electrons. The predicted molar refractivity (Wildman–Crippen MR) is 133 cm³/mol. The van der Waals surface area contributed by atoms with Crippen LogP contribution < -0.4 is 4.90 Å². The normalized spacial score (nSPS) is 16.5. The van der Waals surface area contributed by atoms with Crippen LogP contribution in [0, 0.1) is 5.41 Å². The molecule has 2 aromatic heterocycles. The number of H-pyrrole nitrogens is 1. The molecule has 0 radical (unpaired) electrons. The summed E-state index contributed by atoms with van der Waals surface area (Å²) in [6.07, 6.45) is 4.66. The van der Waals surface area contributed by atoms with Crippen LogP contribution in [0.15, 0.2) is 72.8 Å². The van der Waals surface area contributed by atoms with Gasteiger partial charge >= 0.3 is 0 Å². The third-order valence-corrected chi connectivity index (χ3v) is 6.74. The highest BCUT2D eigenvalue weighted by molar-refractivity contribution is 6.09. The van der Waals surface area contributed by atoms with Crippen molar-refractivity contribution in [2.45, 2.75) is 26.8 Å². The maximum Gasteiger partial charge on any atom is 0.114 e. The fourth-order valence-corrected chi connectivity index (χ4v) is 5.30. The van der Waals surface area contributed by atoms with Crippen molar-refractivity contribution in [1.29, 1.82) is 0 Å². The molecular weight excluding hydrogens is 378 g/mol. The van der Waals surface area contributed by atoms with Crippen molar-refractivity contribution in [3.05, 3.63) is 78.4 Å². The number of benzene rings is 3. The van der Waals surface area contributed by atoms with E-state index in [4.69, 9.17) is 0 Å². The lowest BCUT2D eigenvalue weighted by Crippen LogP contribution is -2.42. The Labute approximate surface area is 182 Å². The van der Waals surface area contributed by atoms with Gasteiger partial charge in [0.25, 0.3) is 0 Å². The second kappa shape index (κ2) is 6.27. The van der Waals surface area contributed by atoms with Gasteiger partial charge in [0, 0.05) is 40.0 Å². The monoisotopic (exact) mass is 405 g/mol. The molecule has 1 unspecified atom stereocenters. The number of nitrogens with zero attached hydrogens (tertiary/aromatic N) is 2. The van der Waals surface area contributed by atoms with E-state index in [0.717, 1.165) is 0 Å². The molecule has 3 nitrogen and oxygen atoms in total. The minimum Gasteiger partial charge on any atom is -0.354 e. The van der Waals surface area contributed by atoms with Crippen LogP contribution in [-0.2, 0) is 0 Å². The molecular formula is C28H27N3. The van der Waals surface area contributed by atoms with Crippen LogP contribution in [0.25, 0.3) is 44.5 Å². The van der Waals surface area contributed by atoms with Crippen molar-refractivity contribution in [3.63, 3.8) is 0 Å². The van der Waals surface area contributed by atoms with Gasteiger partial charge in [-0.15, -0.1) is 0 Å². The highest BCUT2D eigenvalue weighted by Crippen LogP contribution is 2.40. The quantitative estimate of drug-likeness (QED) is 0.315. The Hall–Kier alpha value is -3.46. The average molecular weight is 406 g/mol. The summed E-state index contributed by atoms with van der Waals surface area (Å²) >= 11 is 0. The second-order valence-electron chi connectivity index (χ2n) is 9.77. The van der Waals surface area contributed by atoms with Crippen LogP contribution in [0.5, 0.6) is 0 Å². The molecule has 1 atom stereocenters. The summed E-state index contributed by atoms with van der Waals surface area (Å²) < 4.78 is 2.39. The number of hydrogen-bond donors (Lipinski definition) is 1. The number of fused-ring (bicyclic) bond motifs is 6. The lowest BCUT2D eigenvalue weighted by Gasteiger charge is -2.39. The van der Waals surface area contributed by atoms with Gasteiger partial charge in [-0.1, -0.05) is 69.3 Å². The van der Waals surface area contributed by atoms with Gasteiger partial charge in [-0.3, -0.25) is 0 Å².